The van der Waals surface area contributed by atoms with Crippen molar-refractivity contribution in [1.29, 1.82) is 0 Å². The van der Waals surface area contributed by atoms with E-state index in [1.54, 1.807) is 47.4 Å². The van der Waals surface area contributed by atoms with Gasteiger partial charge in [-0.15, -0.1) is 0 Å². The monoisotopic (exact) mass is 524 g/mol. The first-order valence-corrected chi connectivity index (χ1v) is 13.7. The quantitative estimate of drug-likeness (QED) is 0.497. The minimum Gasteiger partial charge on any atom is -0.398 e. The first-order chi connectivity index (χ1) is 17.5. The Morgan fingerprint density at radius 3 is 2.27 bits per heavy atom. The van der Waals surface area contributed by atoms with Gasteiger partial charge in [-0.1, -0.05) is 24.3 Å². The molecule has 8 nitrogen and oxygen atoms in total. The summed E-state index contributed by atoms with van der Waals surface area (Å²) in [6.45, 7) is 3.08. The lowest BCUT2D eigenvalue weighted by Gasteiger charge is -2.37. The lowest BCUT2D eigenvalue weighted by atomic mass is 10.1. The van der Waals surface area contributed by atoms with Crippen molar-refractivity contribution in [3.05, 3.63) is 83.7 Å². The molecule has 37 heavy (non-hydrogen) atoms. The standard InChI is InChI=1S/C27H29FN4O4S/c1-19-8-10-22(23(29)16-19)27(34)32(21-6-4-3-5-7-21)18-26(33)31-14-12-30(13-15-31)24-11-9-20(28)17-25(24)37(2,35)36/h3-11,16-17H,12-15,18,29H2,1-2H3. The van der Waals surface area contributed by atoms with Crippen LogP contribution in [0.4, 0.5) is 21.5 Å². The van der Waals surface area contributed by atoms with Gasteiger partial charge in [0.1, 0.15) is 12.4 Å². The molecular weight excluding hydrogens is 495 g/mol. The normalized spacial score (nSPS) is 13.9. The van der Waals surface area contributed by atoms with E-state index in [0.29, 0.717) is 48.8 Å². The van der Waals surface area contributed by atoms with Crippen LogP contribution in [0.15, 0.2) is 71.6 Å². The number of sulfone groups is 1. The second kappa shape index (κ2) is 10.6. The number of hydrogen-bond acceptors (Lipinski definition) is 6. The predicted molar refractivity (Wildman–Crippen MR) is 142 cm³/mol. The number of rotatable bonds is 6. The summed E-state index contributed by atoms with van der Waals surface area (Å²) in [6.07, 6.45) is 1.04. The maximum absolute atomic E-state index is 13.7. The maximum Gasteiger partial charge on any atom is 0.260 e. The van der Waals surface area contributed by atoms with Crippen LogP contribution in [0.25, 0.3) is 0 Å². The molecule has 0 aliphatic carbocycles. The van der Waals surface area contributed by atoms with Gasteiger partial charge in [0, 0.05) is 43.8 Å². The zero-order valence-corrected chi connectivity index (χ0v) is 21.5. The van der Waals surface area contributed by atoms with Crippen molar-refractivity contribution in [3.63, 3.8) is 0 Å². The molecule has 0 spiro atoms. The molecule has 1 aliphatic heterocycles. The number of para-hydroxylation sites is 1. The highest BCUT2D eigenvalue weighted by Gasteiger charge is 2.28. The summed E-state index contributed by atoms with van der Waals surface area (Å²) in [7, 11) is -3.64. The molecule has 0 bridgehead atoms. The average molecular weight is 525 g/mol. The van der Waals surface area contributed by atoms with Gasteiger partial charge in [-0.2, -0.15) is 0 Å². The first kappa shape index (κ1) is 26.2. The van der Waals surface area contributed by atoms with Crippen LogP contribution in [-0.4, -0.2) is 64.1 Å². The molecule has 1 aliphatic rings. The predicted octanol–water partition coefficient (Wildman–Crippen LogP) is 3.12. The molecule has 0 aromatic heterocycles. The third-order valence-electron chi connectivity index (χ3n) is 6.34. The van der Waals surface area contributed by atoms with Crippen molar-refractivity contribution in [3.8, 4) is 0 Å². The van der Waals surface area contributed by atoms with Crippen LogP contribution in [0.3, 0.4) is 0 Å². The van der Waals surface area contributed by atoms with Crippen molar-refractivity contribution in [2.75, 3.05) is 54.5 Å². The number of aryl methyl sites for hydroxylation is 1. The number of halogens is 1. The molecule has 0 unspecified atom stereocenters. The zero-order chi connectivity index (χ0) is 26.7. The van der Waals surface area contributed by atoms with Crippen LogP contribution < -0.4 is 15.5 Å². The van der Waals surface area contributed by atoms with E-state index >= 15 is 0 Å². The Labute approximate surface area is 216 Å². The lowest BCUT2D eigenvalue weighted by Crippen LogP contribution is -2.52. The summed E-state index contributed by atoms with van der Waals surface area (Å²) in [5, 5.41) is 0. The molecule has 1 fully saturated rings. The molecule has 3 aromatic carbocycles. The Morgan fingerprint density at radius 2 is 1.65 bits per heavy atom. The van der Waals surface area contributed by atoms with Crippen LogP contribution in [0.5, 0.6) is 0 Å². The minimum atomic E-state index is -3.64. The van der Waals surface area contributed by atoms with Crippen molar-refractivity contribution >= 4 is 38.7 Å². The van der Waals surface area contributed by atoms with Crippen LogP contribution in [0, 0.1) is 12.7 Å². The molecule has 3 aromatic rings. The van der Waals surface area contributed by atoms with Gasteiger partial charge in [0.05, 0.1) is 16.1 Å². The van der Waals surface area contributed by atoms with Gasteiger partial charge >= 0.3 is 0 Å². The second-order valence-corrected chi connectivity index (χ2v) is 11.1. The van der Waals surface area contributed by atoms with E-state index in [1.165, 1.54) is 17.0 Å². The summed E-state index contributed by atoms with van der Waals surface area (Å²) in [5.74, 6) is -1.25. The first-order valence-electron chi connectivity index (χ1n) is 11.8. The van der Waals surface area contributed by atoms with E-state index in [4.69, 9.17) is 5.73 Å². The van der Waals surface area contributed by atoms with E-state index in [1.807, 2.05) is 17.9 Å². The van der Waals surface area contributed by atoms with Crippen LogP contribution in [0.2, 0.25) is 0 Å². The molecule has 0 radical (unpaired) electrons. The van der Waals surface area contributed by atoms with E-state index in [-0.39, 0.29) is 23.3 Å². The topological polar surface area (TPSA) is 104 Å². The summed E-state index contributed by atoms with van der Waals surface area (Å²) >= 11 is 0. The SMILES string of the molecule is Cc1ccc(C(=O)N(CC(=O)N2CCN(c3ccc(F)cc3S(C)(=O)=O)CC2)c2ccccc2)c(N)c1. The van der Waals surface area contributed by atoms with Crippen molar-refractivity contribution in [2.24, 2.45) is 0 Å². The third-order valence-corrected chi connectivity index (χ3v) is 7.46. The Balaban J connectivity index is 1.51. The zero-order valence-electron chi connectivity index (χ0n) is 20.7. The van der Waals surface area contributed by atoms with Crippen molar-refractivity contribution in [2.45, 2.75) is 11.8 Å². The number of anilines is 3. The van der Waals surface area contributed by atoms with Gasteiger partial charge < -0.3 is 15.5 Å². The fourth-order valence-corrected chi connectivity index (χ4v) is 5.29. The van der Waals surface area contributed by atoms with E-state index in [0.717, 1.165) is 17.9 Å². The lowest BCUT2D eigenvalue weighted by molar-refractivity contribution is -0.129. The average Bonchev–Trinajstić information content (AvgIpc) is 2.87. The fraction of sp³-hybridized carbons (Fsp3) is 0.259. The molecule has 0 saturated carbocycles. The van der Waals surface area contributed by atoms with Gasteiger partial charge in [0.2, 0.25) is 5.91 Å². The van der Waals surface area contributed by atoms with E-state index < -0.39 is 15.7 Å². The number of benzene rings is 3. The van der Waals surface area contributed by atoms with Gasteiger partial charge in [0.15, 0.2) is 9.84 Å². The summed E-state index contributed by atoms with van der Waals surface area (Å²) in [6, 6.07) is 17.8. The van der Waals surface area contributed by atoms with Gasteiger partial charge in [-0.25, -0.2) is 12.8 Å². The summed E-state index contributed by atoms with van der Waals surface area (Å²) in [4.78, 5) is 31.6. The van der Waals surface area contributed by atoms with E-state index in [2.05, 4.69) is 0 Å². The van der Waals surface area contributed by atoms with Gasteiger partial charge in [-0.3, -0.25) is 14.5 Å². The fourth-order valence-electron chi connectivity index (χ4n) is 4.39. The number of amides is 2. The molecule has 10 heteroatoms. The maximum atomic E-state index is 13.7. The Kier molecular flexibility index (Phi) is 7.49. The number of carbonyl (C=O) groups excluding carboxylic acids is 2. The number of piperazine rings is 1. The summed E-state index contributed by atoms with van der Waals surface area (Å²) in [5.41, 5.74) is 8.68. The molecule has 0 atom stereocenters. The van der Waals surface area contributed by atoms with Gasteiger partial charge in [0.25, 0.3) is 5.91 Å². The molecular formula is C27H29FN4O4S. The van der Waals surface area contributed by atoms with Crippen LogP contribution in [0.1, 0.15) is 15.9 Å². The minimum absolute atomic E-state index is 0.0798. The highest BCUT2D eigenvalue weighted by atomic mass is 32.2. The van der Waals surface area contributed by atoms with Gasteiger partial charge in [-0.05, 0) is 55.0 Å². The second-order valence-electron chi connectivity index (χ2n) is 9.07. The van der Waals surface area contributed by atoms with Crippen molar-refractivity contribution < 1.29 is 22.4 Å². The number of hydrogen-bond donors (Lipinski definition) is 1. The molecule has 1 heterocycles. The van der Waals surface area contributed by atoms with E-state index in [9.17, 15) is 22.4 Å². The number of nitrogens with two attached hydrogens (primary N) is 1. The molecule has 1 saturated heterocycles. The smallest absolute Gasteiger partial charge is 0.260 e. The molecule has 2 N–H and O–H groups in total. The van der Waals surface area contributed by atoms with Crippen LogP contribution in [-0.2, 0) is 14.6 Å². The number of nitrogens with zero attached hydrogens (tertiary/aromatic N) is 3. The highest BCUT2D eigenvalue weighted by molar-refractivity contribution is 7.90. The largest absolute Gasteiger partial charge is 0.398 e. The van der Waals surface area contributed by atoms with Crippen molar-refractivity contribution in [1.82, 2.24) is 4.90 Å². The summed E-state index contributed by atoms with van der Waals surface area (Å²) < 4.78 is 38.1. The Morgan fingerprint density at radius 1 is 0.973 bits per heavy atom. The number of carbonyl (C=O) groups is 2. The molecule has 4 rings (SSSR count). The number of nitrogen functional groups attached to an aromatic ring is 1. The van der Waals surface area contributed by atoms with Crippen LogP contribution >= 0.6 is 0 Å². The molecule has 194 valence electrons. The highest BCUT2D eigenvalue weighted by Crippen LogP contribution is 2.27. The molecule has 2 amide bonds. The Bertz CT molecular complexity index is 1420. The third kappa shape index (κ3) is 5.91. The Hall–Kier alpha value is -3.92.